The standard InChI is InChI=1S/C19H21ClF2N6.C4H8O2/c1-27-5-3-11(4-6-27)13-8-15-12(7-14(13)20)9-23-19(25-15)26-16-10-24-28(2)17(16)18(21)22;5-4-1-2-6-3-4/h7-11,18H,3-6H2,1-2H3,(H,23,25,26);4-5H,1-3H2. The predicted molar refractivity (Wildman–Crippen MR) is 127 cm³/mol. The van der Waals surface area contributed by atoms with Crippen molar-refractivity contribution < 1.29 is 18.6 Å². The number of aliphatic hydroxyl groups is 1. The topological polar surface area (TPSA) is 88.3 Å². The van der Waals surface area contributed by atoms with Gasteiger partial charge in [0, 0.05) is 30.3 Å². The SMILES string of the molecule is CN1CCC(c2cc3nc(Nc4cnn(C)c4C(F)F)ncc3cc2Cl)CC1.OC1CCOC1. The monoisotopic (exact) mass is 494 g/mol. The number of halogens is 3. The molecule has 8 nitrogen and oxygen atoms in total. The molecule has 2 aliphatic heterocycles. The van der Waals surface area contributed by atoms with E-state index in [9.17, 15) is 8.78 Å². The van der Waals surface area contributed by atoms with Gasteiger partial charge in [0.15, 0.2) is 0 Å². The molecule has 2 N–H and O–H groups in total. The highest BCUT2D eigenvalue weighted by molar-refractivity contribution is 6.32. The molecule has 0 radical (unpaired) electrons. The van der Waals surface area contributed by atoms with Crippen molar-refractivity contribution in [2.45, 2.75) is 37.7 Å². The maximum Gasteiger partial charge on any atom is 0.282 e. The minimum absolute atomic E-state index is 0.176. The van der Waals surface area contributed by atoms with E-state index >= 15 is 0 Å². The lowest BCUT2D eigenvalue weighted by atomic mass is 9.89. The third-order valence-corrected chi connectivity index (χ3v) is 6.53. The number of aromatic nitrogens is 4. The fourth-order valence-corrected chi connectivity index (χ4v) is 4.53. The van der Waals surface area contributed by atoms with Gasteiger partial charge < -0.3 is 20.1 Å². The van der Waals surface area contributed by atoms with Gasteiger partial charge in [-0.1, -0.05) is 11.6 Å². The molecule has 0 amide bonds. The molecule has 2 aromatic heterocycles. The summed E-state index contributed by atoms with van der Waals surface area (Å²) in [6.07, 6.45) is 3.08. The Kier molecular flexibility index (Phi) is 7.92. The Bertz CT molecular complexity index is 1110. The van der Waals surface area contributed by atoms with E-state index in [1.807, 2.05) is 12.1 Å². The van der Waals surface area contributed by atoms with E-state index in [2.05, 4.69) is 32.3 Å². The van der Waals surface area contributed by atoms with Gasteiger partial charge in [0.05, 0.1) is 30.1 Å². The van der Waals surface area contributed by atoms with Gasteiger partial charge in [-0.3, -0.25) is 4.68 Å². The average molecular weight is 495 g/mol. The number of nitrogens with one attached hydrogen (secondary N) is 1. The number of fused-ring (bicyclic) bond motifs is 1. The third kappa shape index (κ3) is 5.80. The maximum absolute atomic E-state index is 13.2. The molecule has 184 valence electrons. The molecule has 1 unspecified atom stereocenters. The second-order valence-corrected chi connectivity index (χ2v) is 9.12. The Morgan fingerprint density at radius 2 is 1.94 bits per heavy atom. The third-order valence-electron chi connectivity index (χ3n) is 6.20. The summed E-state index contributed by atoms with van der Waals surface area (Å²) in [4.78, 5) is 11.1. The van der Waals surface area contributed by atoms with Crippen molar-refractivity contribution >= 4 is 34.1 Å². The van der Waals surface area contributed by atoms with Crippen molar-refractivity contribution in [2.24, 2.45) is 7.05 Å². The van der Waals surface area contributed by atoms with Gasteiger partial charge in [-0.15, -0.1) is 0 Å². The number of alkyl halides is 2. The van der Waals surface area contributed by atoms with E-state index in [0.717, 1.165) is 65.1 Å². The fraction of sp³-hybridized carbons (Fsp3) is 0.522. The van der Waals surface area contributed by atoms with Crippen LogP contribution >= 0.6 is 11.6 Å². The second-order valence-electron chi connectivity index (χ2n) is 8.71. The number of ether oxygens (including phenoxy) is 1. The van der Waals surface area contributed by atoms with Gasteiger partial charge in [-0.05, 0) is 63.0 Å². The number of benzene rings is 1. The quantitative estimate of drug-likeness (QED) is 0.559. The highest BCUT2D eigenvalue weighted by Crippen LogP contribution is 2.35. The summed E-state index contributed by atoms with van der Waals surface area (Å²) >= 11 is 6.52. The fourth-order valence-electron chi connectivity index (χ4n) is 4.20. The van der Waals surface area contributed by atoms with Gasteiger partial charge in [-0.2, -0.15) is 5.10 Å². The molecule has 0 bridgehead atoms. The lowest BCUT2D eigenvalue weighted by molar-refractivity contribution is 0.127. The zero-order valence-corrected chi connectivity index (χ0v) is 20.0. The highest BCUT2D eigenvalue weighted by Gasteiger charge is 2.22. The molecule has 2 aliphatic rings. The summed E-state index contributed by atoms with van der Waals surface area (Å²) in [6, 6.07) is 3.88. The molecule has 2 saturated heterocycles. The molecule has 0 aliphatic carbocycles. The number of likely N-dealkylation sites (tertiary alicyclic amines) is 1. The number of aryl methyl sites for hydroxylation is 1. The Hall–Kier alpha value is -2.40. The first-order valence-corrected chi connectivity index (χ1v) is 11.7. The van der Waals surface area contributed by atoms with Crippen molar-refractivity contribution in [3.05, 3.63) is 40.8 Å². The molecule has 3 aromatic rings. The molecule has 0 spiro atoms. The number of nitrogens with zero attached hydrogens (tertiary/aromatic N) is 5. The summed E-state index contributed by atoms with van der Waals surface area (Å²) in [5.41, 5.74) is 1.81. The Morgan fingerprint density at radius 3 is 2.56 bits per heavy atom. The van der Waals surface area contributed by atoms with E-state index in [1.165, 1.54) is 13.2 Å². The lowest BCUT2D eigenvalue weighted by Crippen LogP contribution is -2.29. The Morgan fingerprint density at radius 1 is 1.18 bits per heavy atom. The zero-order chi connectivity index (χ0) is 24.2. The first kappa shape index (κ1) is 24.7. The van der Waals surface area contributed by atoms with E-state index in [0.29, 0.717) is 12.5 Å². The minimum Gasteiger partial charge on any atom is -0.391 e. The van der Waals surface area contributed by atoms with Gasteiger partial charge in [0.1, 0.15) is 5.69 Å². The van der Waals surface area contributed by atoms with Gasteiger partial charge in [-0.25, -0.2) is 18.7 Å². The second kappa shape index (κ2) is 10.9. The Labute approximate surface area is 201 Å². The largest absolute Gasteiger partial charge is 0.391 e. The van der Waals surface area contributed by atoms with Crippen LogP contribution in [0.1, 0.15) is 42.9 Å². The van der Waals surface area contributed by atoms with Gasteiger partial charge >= 0.3 is 0 Å². The number of hydrogen-bond acceptors (Lipinski definition) is 7. The number of piperidine rings is 1. The molecular formula is C23H29ClF2N6O2. The number of hydrogen-bond donors (Lipinski definition) is 2. The van der Waals surface area contributed by atoms with E-state index in [-0.39, 0.29) is 23.4 Å². The van der Waals surface area contributed by atoms with Crippen molar-refractivity contribution in [3.63, 3.8) is 0 Å². The lowest BCUT2D eigenvalue weighted by Gasteiger charge is -2.29. The molecule has 11 heteroatoms. The van der Waals surface area contributed by atoms with Gasteiger partial charge in [0.25, 0.3) is 6.43 Å². The smallest absolute Gasteiger partial charge is 0.282 e. The summed E-state index contributed by atoms with van der Waals surface area (Å²) < 4.78 is 32.4. The zero-order valence-electron chi connectivity index (χ0n) is 19.2. The van der Waals surface area contributed by atoms with Crippen LogP contribution in [0.15, 0.2) is 24.5 Å². The van der Waals surface area contributed by atoms with Gasteiger partial charge in [0.2, 0.25) is 5.95 Å². The molecule has 1 aromatic carbocycles. The van der Waals surface area contributed by atoms with E-state index in [4.69, 9.17) is 21.4 Å². The summed E-state index contributed by atoms with van der Waals surface area (Å²) in [7, 11) is 3.60. The molecule has 4 heterocycles. The molecule has 5 rings (SSSR count). The van der Waals surface area contributed by atoms with Crippen molar-refractivity contribution in [1.82, 2.24) is 24.6 Å². The number of anilines is 2. The molecular weight excluding hydrogens is 466 g/mol. The molecule has 0 saturated carbocycles. The minimum atomic E-state index is -2.65. The van der Waals surface area contributed by atoms with Crippen molar-refractivity contribution in [2.75, 3.05) is 38.7 Å². The summed E-state index contributed by atoms with van der Waals surface area (Å²) in [5.74, 6) is 0.641. The highest BCUT2D eigenvalue weighted by atomic mass is 35.5. The normalized spacial score (nSPS) is 19.4. The first-order valence-electron chi connectivity index (χ1n) is 11.3. The molecule has 1 atom stereocenters. The number of rotatable bonds is 4. The van der Waals surface area contributed by atoms with Crippen LogP contribution in [-0.2, 0) is 11.8 Å². The van der Waals surface area contributed by atoms with Crippen molar-refractivity contribution in [3.8, 4) is 0 Å². The number of aliphatic hydroxyl groups excluding tert-OH is 1. The average Bonchev–Trinajstić information content (AvgIpc) is 3.43. The molecule has 34 heavy (non-hydrogen) atoms. The molecule has 2 fully saturated rings. The van der Waals surface area contributed by atoms with Crippen LogP contribution in [0.4, 0.5) is 20.4 Å². The van der Waals surface area contributed by atoms with E-state index in [1.54, 1.807) is 6.20 Å². The van der Waals surface area contributed by atoms with Crippen molar-refractivity contribution in [1.29, 1.82) is 0 Å². The summed E-state index contributed by atoms with van der Waals surface area (Å²) in [6.45, 7) is 3.35. The van der Waals surface area contributed by atoms with Crippen LogP contribution in [-0.4, -0.2) is 69.2 Å². The van der Waals surface area contributed by atoms with Crippen LogP contribution in [0.25, 0.3) is 10.9 Å². The van der Waals surface area contributed by atoms with Crippen LogP contribution in [0.2, 0.25) is 5.02 Å². The Balaban J connectivity index is 0.000000398. The maximum atomic E-state index is 13.2. The van der Waals surface area contributed by atoms with Crippen LogP contribution in [0, 0.1) is 0 Å². The first-order chi connectivity index (χ1) is 16.3. The van der Waals surface area contributed by atoms with Crippen LogP contribution in [0.3, 0.4) is 0 Å². The summed E-state index contributed by atoms with van der Waals surface area (Å²) in [5, 5.41) is 16.9. The van der Waals surface area contributed by atoms with Crippen LogP contribution < -0.4 is 5.32 Å². The van der Waals surface area contributed by atoms with Crippen LogP contribution in [0.5, 0.6) is 0 Å². The van der Waals surface area contributed by atoms with E-state index < -0.39 is 6.43 Å². The predicted octanol–water partition coefficient (Wildman–Crippen LogP) is 4.27.